The van der Waals surface area contributed by atoms with Crippen LogP contribution in [0, 0.1) is 11.6 Å². The van der Waals surface area contributed by atoms with E-state index in [1.165, 1.54) is 13.2 Å². The number of nitrogens with zero attached hydrogens (tertiary/aromatic N) is 1. The van der Waals surface area contributed by atoms with Crippen LogP contribution in [0.5, 0.6) is 0 Å². The van der Waals surface area contributed by atoms with Crippen LogP contribution in [0.25, 0.3) is 0 Å². The first-order chi connectivity index (χ1) is 12.5. The predicted octanol–water partition coefficient (Wildman–Crippen LogP) is 3.60. The number of anilines is 2. The number of ether oxygens (including phenoxy) is 1. The van der Waals surface area contributed by atoms with Crippen molar-refractivity contribution in [1.29, 1.82) is 0 Å². The topological polar surface area (TPSA) is 58.6 Å². The smallest absolute Gasteiger partial charge is 0.337 e. The van der Waals surface area contributed by atoms with Crippen LogP contribution in [0.15, 0.2) is 36.4 Å². The van der Waals surface area contributed by atoms with Gasteiger partial charge in [-0.2, -0.15) is 0 Å². The number of nitrogens with one attached hydrogen (secondary N) is 1. The Morgan fingerprint density at radius 2 is 1.81 bits per heavy atom. The molecule has 1 amide bonds. The normalized spacial score (nSPS) is 13.6. The van der Waals surface area contributed by atoms with E-state index >= 15 is 0 Å². The molecule has 0 spiro atoms. The van der Waals surface area contributed by atoms with Crippen LogP contribution >= 0.6 is 0 Å². The fourth-order valence-electron chi connectivity index (χ4n) is 2.98. The van der Waals surface area contributed by atoms with Gasteiger partial charge in [-0.25, -0.2) is 13.6 Å². The monoisotopic (exact) mass is 360 g/mol. The standard InChI is InChI=1S/C19H18F2N2O3/c1-26-19(25)12-4-7-17(23-8-2-3-9-23)16(10-12)22-18(24)14-6-5-13(20)11-15(14)21/h4-7,10-11H,2-3,8-9H2,1H3,(H,22,24). The molecule has 136 valence electrons. The SMILES string of the molecule is COC(=O)c1ccc(N2CCCC2)c(NC(=O)c2ccc(F)cc2F)c1. The Balaban J connectivity index is 1.95. The van der Waals surface area contributed by atoms with E-state index in [1.54, 1.807) is 12.1 Å². The van der Waals surface area contributed by atoms with E-state index < -0.39 is 23.5 Å². The molecule has 3 rings (SSSR count). The molecule has 0 unspecified atom stereocenters. The van der Waals surface area contributed by atoms with Gasteiger partial charge in [0, 0.05) is 19.2 Å². The number of carbonyl (C=O) groups excluding carboxylic acids is 2. The van der Waals surface area contributed by atoms with Crippen LogP contribution in [0.3, 0.4) is 0 Å². The first-order valence-electron chi connectivity index (χ1n) is 8.23. The van der Waals surface area contributed by atoms with Crippen molar-refractivity contribution in [2.45, 2.75) is 12.8 Å². The van der Waals surface area contributed by atoms with E-state index in [2.05, 4.69) is 10.2 Å². The highest BCUT2D eigenvalue weighted by atomic mass is 19.1. The van der Waals surface area contributed by atoms with Crippen LogP contribution in [0.1, 0.15) is 33.6 Å². The Morgan fingerprint density at radius 1 is 1.08 bits per heavy atom. The quantitative estimate of drug-likeness (QED) is 0.847. The molecule has 2 aromatic carbocycles. The summed E-state index contributed by atoms with van der Waals surface area (Å²) in [5, 5.41) is 2.63. The number of carbonyl (C=O) groups is 2. The van der Waals surface area contributed by atoms with Crippen molar-refractivity contribution in [3.8, 4) is 0 Å². The average molecular weight is 360 g/mol. The van der Waals surface area contributed by atoms with Crippen LogP contribution in [-0.4, -0.2) is 32.1 Å². The average Bonchev–Trinajstić information content (AvgIpc) is 3.15. The highest BCUT2D eigenvalue weighted by Crippen LogP contribution is 2.31. The van der Waals surface area contributed by atoms with Crippen molar-refractivity contribution in [3.63, 3.8) is 0 Å². The van der Waals surface area contributed by atoms with E-state index in [1.807, 2.05) is 0 Å². The number of halogens is 2. The summed E-state index contributed by atoms with van der Waals surface area (Å²) in [6.45, 7) is 1.65. The summed E-state index contributed by atoms with van der Waals surface area (Å²) in [5.74, 6) is -2.97. The van der Waals surface area contributed by atoms with E-state index in [4.69, 9.17) is 4.74 Å². The third-order valence-corrected chi connectivity index (χ3v) is 4.29. The molecule has 1 aliphatic rings. The predicted molar refractivity (Wildman–Crippen MR) is 93.5 cm³/mol. The van der Waals surface area contributed by atoms with Gasteiger partial charge < -0.3 is 15.0 Å². The lowest BCUT2D eigenvalue weighted by Gasteiger charge is -2.22. The van der Waals surface area contributed by atoms with E-state index in [0.717, 1.165) is 43.8 Å². The number of rotatable bonds is 4. The first kappa shape index (κ1) is 17.8. The van der Waals surface area contributed by atoms with E-state index in [9.17, 15) is 18.4 Å². The molecule has 0 bridgehead atoms. The van der Waals surface area contributed by atoms with E-state index in [0.29, 0.717) is 11.8 Å². The molecular weight excluding hydrogens is 342 g/mol. The lowest BCUT2D eigenvalue weighted by atomic mass is 10.1. The summed E-state index contributed by atoms with van der Waals surface area (Å²) in [7, 11) is 1.27. The minimum absolute atomic E-state index is 0.269. The van der Waals surface area contributed by atoms with Crippen molar-refractivity contribution in [2.24, 2.45) is 0 Å². The molecule has 0 aliphatic carbocycles. The summed E-state index contributed by atoms with van der Waals surface area (Å²) in [5.41, 5.74) is 1.11. The summed E-state index contributed by atoms with van der Waals surface area (Å²) < 4.78 is 31.7. The molecular formula is C19H18F2N2O3. The van der Waals surface area contributed by atoms with Crippen LogP contribution in [-0.2, 0) is 4.74 Å². The zero-order valence-electron chi connectivity index (χ0n) is 14.2. The minimum atomic E-state index is -0.950. The first-order valence-corrected chi connectivity index (χ1v) is 8.23. The molecule has 26 heavy (non-hydrogen) atoms. The van der Waals surface area contributed by atoms with Gasteiger partial charge in [-0.05, 0) is 43.2 Å². The van der Waals surface area contributed by atoms with Crippen molar-refractivity contribution < 1.29 is 23.1 Å². The fraction of sp³-hybridized carbons (Fsp3) is 0.263. The van der Waals surface area contributed by atoms with Crippen molar-refractivity contribution in [3.05, 3.63) is 59.2 Å². The third-order valence-electron chi connectivity index (χ3n) is 4.29. The van der Waals surface area contributed by atoms with Crippen LogP contribution < -0.4 is 10.2 Å². The van der Waals surface area contributed by atoms with Gasteiger partial charge in [0.1, 0.15) is 11.6 Å². The van der Waals surface area contributed by atoms with Gasteiger partial charge in [0.05, 0.1) is 29.6 Å². The zero-order valence-corrected chi connectivity index (χ0v) is 14.2. The lowest BCUT2D eigenvalue weighted by Crippen LogP contribution is -2.22. The molecule has 1 saturated heterocycles. The van der Waals surface area contributed by atoms with Gasteiger partial charge in [0.2, 0.25) is 0 Å². The summed E-state index contributed by atoms with van der Waals surface area (Å²) in [6.07, 6.45) is 2.05. The van der Waals surface area contributed by atoms with Crippen LogP contribution in [0.4, 0.5) is 20.2 Å². The molecule has 1 aliphatic heterocycles. The fourth-order valence-corrected chi connectivity index (χ4v) is 2.98. The number of amides is 1. The molecule has 5 nitrogen and oxygen atoms in total. The van der Waals surface area contributed by atoms with Crippen LogP contribution in [0.2, 0.25) is 0 Å². The zero-order chi connectivity index (χ0) is 18.7. The molecule has 7 heteroatoms. The molecule has 0 saturated carbocycles. The second-order valence-corrected chi connectivity index (χ2v) is 6.00. The van der Waals surface area contributed by atoms with Crippen molar-refractivity contribution in [2.75, 3.05) is 30.4 Å². The molecule has 1 fully saturated rings. The summed E-state index contributed by atoms with van der Waals surface area (Å²) in [4.78, 5) is 26.3. The number of hydrogen-bond donors (Lipinski definition) is 1. The van der Waals surface area contributed by atoms with E-state index in [-0.39, 0.29) is 11.1 Å². The van der Waals surface area contributed by atoms with Gasteiger partial charge in [0.25, 0.3) is 5.91 Å². The molecule has 1 heterocycles. The Labute approximate surface area is 149 Å². The molecule has 1 N–H and O–H groups in total. The number of methoxy groups -OCH3 is 1. The van der Waals surface area contributed by atoms with Gasteiger partial charge in [0.15, 0.2) is 0 Å². The number of hydrogen-bond acceptors (Lipinski definition) is 4. The maximum absolute atomic E-state index is 13.9. The Kier molecular flexibility index (Phi) is 5.16. The Morgan fingerprint density at radius 3 is 2.46 bits per heavy atom. The van der Waals surface area contributed by atoms with Gasteiger partial charge >= 0.3 is 5.97 Å². The van der Waals surface area contributed by atoms with Gasteiger partial charge in [-0.15, -0.1) is 0 Å². The molecule has 2 aromatic rings. The Hall–Kier alpha value is -2.96. The Bertz CT molecular complexity index is 849. The largest absolute Gasteiger partial charge is 0.465 e. The van der Waals surface area contributed by atoms with Gasteiger partial charge in [-0.1, -0.05) is 0 Å². The number of benzene rings is 2. The van der Waals surface area contributed by atoms with Crippen molar-refractivity contribution >= 4 is 23.3 Å². The molecule has 0 aromatic heterocycles. The third kappa shape index (κ3) is 3.66. The highest BCUT2D eigenvalue weighted by molar-refractivity contribution is 6.07. The lowest BCUT2D eigenvalue weighted by molar-refractivity contribution is 0.0600. The highest BCUT2D eigenvalue weighted by Gasteiger charge is 2.20. The second-order valence-electron chi connectivity index (χ2n) is 6.00. The number of esters is 1. The van der Waals surface area contributed by atoms with Gasteiger partial charge in [-0.3, -0.25) is 4.79 Å². The minimum Gasteiger partial charge on any atom is -0.465 e. The second kappa shape index (κ2) is 7.51. The maximum atomic E-state index is 13.9. The summed E-state index contributed by atoms with van der Waals surface area (Å²) >= 11 is 0. The van der Waals surface area contributed by atoms with Crippen molar-refractivity contribution in [1.82, 2.24) is 0 Å². The summed E-state index contributed by atoms with van der Waals surface area (Å²) in [6, 6.07) is 7.60. The molecule has 0 radical (unpaired) electrons. The molecule has 0 atom stereocenters. The maximum Gasteiger partial charge on any atom is 0.337 e.